The van der Waals surface area contributed by atoms with E-state index in [-0.39, 0.29) is 35.6 Å². The molecule has 4 rings (SSSR count). The Morgan fingerprint density at radius 2 is 1.89 bits per heavy atom. The van der Waals surface area contributed by atoms with Crippen molar-refractivity contribution in [3.05, 3.63) is 95.4 Å². The molecule has 0 radical (unpaired) electrons. The summed E-state index contributed by atoms with van der Waals surface area (Å²) in [4.78, 5) is 3.01. The molecule has 0 heterocycles. The van der Waals surface area contributed by atoms with Crippen LogP contribution in [-0.2, 0) is 16.1 Å². The molecule has 7 nitrogen and oxygen atoms in total. The SMILES string of the molecule is CCN(CCO)C1=CCC(C(O)C(=IC2C=CC(OCCO)=CC2)c2ccc(OCc3ccccc3)cc2S)C(COC)C1. The van der Waals surface area contributed by atoms with E-state index < -0.39 is 26.8 Å². The molecule has 0 amide bonds. The number of methoxy groups -OCH3 is 1. The van der Waals surface area contributed by atoms with E-state index in [0.29, 0.717) is 19.8 Å². The number of aliphatic hydroxyl groups excluding tert-OH is 3. The number of hydrogen-bond acceptors (Lipinski definition) is 8. The molecule has 9 heteroatoms. The lowest BCUT2D eigenvalue weighted by molar-refractivity contribution is 0.0591. The molecule has 0 bridgehead atoms. The number of hydrogen-bond donors (Lipinski definition) is 4. The highest BCUT2D eigenvalue weighted by atomic mass is 127. The Labute approximate surface area is 277 Å². The highest BCUT2D eigenvalue weighted by Gasteiger charge is 2.35. The van der Waals surface area contributed by atoms with Crippen molar-refractivity contribution in [2.75, 3.05) is 46.6 Å². The molecule has 0 aliphatic heterocycles. The number of aliphatic hydroxyl groups is 3. The van der Waals surface area contributed by atoms with Gasteiger partial charge in [-0.05, 0) is 79.5 Å². The van der Waals surface area contributed by atoms with Crippen LogP contribution in [0.5, 0.6) is 5.75 Å². The van der Waals surface area contributed by atoms with Gasteiger partial charge in [0, 0.05) is 44.8 Å². The van der Waals surface area contributed by atoms with Gasteiger partial charge in [-0.15, -0.1) is 33.4 Å². The number of ether oxygens (including phenoxy) is 3. The Hall–Kier alpha value is -2.15. The van der Waals surface area contributed by atoms with Gasteiger partial charge in [0.1, 0.15) is 24.7 Å². The first kappa shape index (κ1) is 34.7. The minimum atomic E-state index is -0.653. The van der Waals surface area contributed by atoms with E-state index in [0.717, 1.165) is 56.8 Å². The van der Waals surface area contributed by atoms with Gasteiger partial charge in [0.25, 0.3) is 0 Å². The second-order valence-electron chi connectivity index (χ2n) is 11.0. The van der Waals surface area contributed by atoms with Gasteiger partial charge in [0.05, 0.1) is 19.3 Å². The predicted molar refractivity (Wildman–Crippen MR) is 188 cm³/mol. The highest BCUT2D eigenvalue weighted by molar-refractivity contribution is 14.2. The fourth-order valence-electron chi connectivity index (χ4n) is 5.73. The second-order valence-corrected chi connectivity index (χ2v) is 14.8. The van der Waals surface area contributed by atoms with E-state index in [1.807, 2.05) is 48.5 Å². The van der Waals surface area contributed by atoms with E-state index in [4.69, 9.17) is 31.9 Å². The molecule has 0 aromatic heterocycles. The van der Waals surface area contributed by atoms with Gasteiger partial charge < -0.3 is 34.4 Å². The zero-order valence-corrected chi connectivity index (χ0v) is 28.7. The van der Waals surface area contributed by atoms with Crippen molar-refractivity contribution in [2.24, 2.45) is 11.8 Å². The normalized spacial score (nSPS) is 21.1. The molecule has 0 saturated heterocycles. The summed E-state index contributed by atoms with van der Waals surface area (Å²) in [7, 11) is 1.72. The lowest BCUT2D eigenvalue weighted by Gasteiger charge is -2.38. The molecule has 2 aromatic rings. The van der Waals surface area contributed by atoms with Crippen LogP contribution < -0.4 is 4.74 Å². The van der Waals surface area contributed by atoms with Crippen molar-refractivity contribution < 1.29 is 29.5 Å². The zero-order valence-electron chi connectivity index (χ0n) is 25.6. The van der Waals surface area contributed by atoms with Gasteiger partial charge in [0.2, 0.25) is 0 Å². The maximum atomic E-state index is 12.2. The van der Waals surface area contributed by atoms with E-state index in [9.17, 15) is 10.2 Å². The molecular weight excluding hydrogens is 689 g/mol. The van der Waals surface area contributed by atoms with Crippen LogP contribution in [0.15, 0.2) is 89.2 Å². The summed E-state index contributed by atoms with van der Waals surface area (Å²) in [5.41, 5.74) is 3.29. The maximum absolute atomic E-state index is 12.2. The summed E-state index contributed by atoms with van der Waals surface area (Å²) in [5.74, 6) is 1.66. The van der Waals surface area contributed by atoms with Crippen molar-refractivity contribution in [1.29, 1.82) is 0 Å². The summed E-state index contributed by atoms with van der Waals surface area (Å²) in [6, 6.07) is 16.1. The number of allylic oxidation sites excluding steroid dienone is 5. The first-order valence-corrected chi connectivity index (χ1v) is 18.1. The Kier molecular flexibility index (Phi) is 14.3. The van der Waals surface area contributed by atoms with E-state index in [1.54, 1.807) is 7.11 Å². The van der Waals surface area contributed by atoms with Gasteiger partial charge >= 0.3 is 0 Å². The summed E-state index contributed by atoms with van der Waals surface area (Å²) in [6.45, 7) is 4.93. The summed E-state index contributed by atoms with van der Waals surface area (Å²) in [5, 5.41) is 30.9. The Morgan fingerprint density at radius 3 is 2.55 bits per heavy atom. The van der Waals surface area contributed by atoms with Gasteiger partial charge in [0.15, 0.2) is 0 Å². The lowest BCUT2D eigenvalue weighted by Crippen LogP contribution is -2.40. The minimum absolute atomic E-state index is 0.00506. The number of halogens is 1. The van der Waals surface area contributed by atoms with Crippen molar-refractivity contribution in [2.45, 2.75) is 47.7 Å². The third-order valence-corrected chi connectivity index (χ3v) is 12.0. The molecule has 0 saturated carbocycles. The fraction of sp³-hybridized carbons (Fsp3) is 0.457. The minimum Gasteiger partial charge on any atom is -0.492 e. The van der Waals surface area contributed by atoms with Crippen molar-refractivity contribution >= 4 is 36.9 Å². The molecule has 240 valence electrons. The molecule has 0 fully saturated rings. The summed E-state index contributed by atoms with van der Waals surface area (Å²) < 4.78 is 18.7. The van der Waals surface area contributed by atoms with Crippen LogP contribution in [0.1, 0.15) is 37.3 Å². The number of benzene rings is 2. The molecule has 2 aromatic carbocycles. The highest BCUT2D eigenvalue weighted by Crippen LogP contribution is 2.38. The monoisotopic (exact) mass is 735 g/mol. The van der Waals surface area contributed by atoms with Gasteiger partial charge in [-0.1, -0.05) is 42.5 Å². The number of alkyl halides is 1. The standard InChI is InChI=1S/C35H46INO6S/c1-3-37(17-18-38)28-11-15-31(26(21-28)24-41-2)35(40)34(36-27-9-12-29(13-10-27)42-20-19-39)32-16-14-30(22-33(32)44)43-23-25-7-5-4-6-8-25/h4-9,11-14,16,22,26-27,31,35,38-40,44H,3,10,15,17-21,23-24H2,1-2H3. The number of thiol groups is 1. The smallest absolute Gasteiger partial charge is 0.120 e. The predicted octanol–water partition coefficient (Wildman–Crippen LogP) is 5.50. The van der Waals surface area contributed by atoms with Crippen LogP contribution in [0.4, 0.5) is 0 Å². The number of nitrogens with zero attached hydrogens (tertiary/aromatic N) is 1. The lowest BCUT2D eigenvalue weighted by atomic mass is 9.76. The Balaban J connectivity index is 1.63. The van der Waals surface area contributed by atoms with Crippen molar-refractivity contribution in [3.63, 3.8) is 0 Å². The average molecular weight is 736 g/mol. The molecule has 2 aliphatic carbocycles. The van der Waals surface area contributed by atoms with Crippen LogP contribution in [0.3, 0.4) is 0 Å². The fourth-order valence-corrected chi connectivity index (χ4v) is 9.68. The van der Waals surface area contributed by atoms with Gasteiger partial charge in [-0.3, -0.25) is 0 Å². The largest absolute Gasteiger partial charge is 0.492 e. The van der Waals surface area contributed by atoms with Crippen LogP contribution >= 0.6 is 33.4 Å². The van der Waals surface area contributed by atoms with Crippen molar-refractivity contribution in [3.8, 4) is 5.75 Å². The number of likely N-dealkylation sites (N-methyl/N-ethyl adjacent to an activating group) is 1. The Morgan fingerprint density at radius 1 is 1.07 bits per heavy atom. The third-order valence-electron chi connectivity index (χ3n) is 8.01. The maximum Gasteiger partial charge on any atom is 0.120 e. The quantitative estimate of drug-likeness (QED) is 0.103. The molecule has 4 unspecified atom stereocenters. The topological polar surface area (TPSA) is 91.6 Å². The summed E-state index contributed by atoms with van der Waals surface area (Å²) in [6.07, 6.45) is 10.2. The first-order valence-electron chi connectivity index (χ1n) is 15.3. The molecule has 0 spiro atoms. The second kappa shape index (κ2) is 18.1. The number of rotatable bonds is 16. The molecule has 44 heavy (non-hydrogen) atoms. The molecule has 4 atom stereocenters. The summed E-state index contributed by atoms with van der Waals surface area (Å²) >= 11 is 4.28. The van der Waals surface area contributed by atoms with Crippen LogP contribution in [0.25, 0.3) is 0 Å². The zero-order chi connectivity index (χ0) is 31.3. The van der Waals surface area contributed by atoms with Gasteiger partial charge in [-0.25, -0.2) is 0 Å². The average Bonchev–Trinajstić information content (AvgIpc) is 3.05. The van der Waals surface area contributed by atoms with E-state index in [2.05, 4.69) is 36.1 Å². The van der Waals surface area contributed by atoms with Crippen LogP contribution in [0, 0.1) is 11.8 Å². The van der Waals surface area contributed by atoms with E-state index >= 15 is 0 Å². The van der Waals surface area contributed by atoms with Crippen LogP contribution in [0.2, 0.25) is 0 Å². The molecule has 2 aliphatic rings. The molecule has 3 N–H and O–H groups in total. The first-order chi connectivity index (χ1) is 21.5. The van der Waals surface area contributed by atoms with E-state index in [1.165, 1.54) is 5.70 Å². The van der Waals surface area contributed by atoms with Crippen molar-refractivity contribution in [1.82, 2.24) is 4.90 Å². The van der Waals surface area contributed by atoms with Gasteiger partial charge in [-0.2, -0.15) is 0 Å². The van der Waals surface area contributed by atoms with Crippen LogP contribution in [-0.4, -0.2) is 80.4 Å². The molecular formula is C35H46INO6S. The third kappa shape index (κ3) is 9.67. The Bertz CT molecular complexity index is 1310.